The van der Waals surface area contributed by atoms with Crippen molar-refractivity contribution in [1.82, 2.24) is 0 Å². The second-order valence-electron chi connectivity index (χ2n) is 2.82. The summed E-state index contributed by atoms with van der Waals surface area (Å²) in [7, 11) is 0. The molecule has 0 saturated heterocycles. The summed E-state index contributed by atoms with van der Waals surface area (Å²) in [6.45, 7) is 8.28. The van der Waals surface area contributed by atoms with Gasteiger partial charge in [-0.05, 0) is 25.0 Å². The van der Waals surface area contributed by atoms with E-state index in [1.807, 2.05) is 32.0 Å². The minimum atomic E-state index is 0.575. The molecule has 1 aromatic carbocycles. The first-order valence-electron chi connectivity index (χ1n) is 4.05. The minimum Gasteiger partial charge on any atom is -0.489 e. The van der Waals surface area contributed by atoms with Gasteiger partial charge in [0.2, 0.25) is 0 Å². The standard InChI is InChI=1S/C11H14O/c1-4-8-12-11-9(2)6-5-7-10(11)3/h4-7H,1,8H2,2-3H3. The lowest BCUT2D eigenvalue weighted by Crippen LogP contribution is -1.96. The third kappa shape index (κ3) is 1.88. The highest BCUT2D eigenvalue weighted by Gasteiger charge is 2.00. The smallest absolute Gasteiger partial charge is 0.125 e. The van der Waals surface area contributed by atoms with Crippen LogP contribution in [0.25, 0.3) is 0 Å². The van der Waals surface area contributed by atoms with Crippen LogP contribution in [0, 0.1) is 13.8 Å². The number of aryl methyl sites for hydroxylation is 2. The summed E-state index contributed by atoms with van der Waals surface area (Å²) in [5.74, 6) is 0.984. The minimum absolute atomic E-state index is 0.575. The van der Waals surface area contributed by atoms with Gasteiger partial charge in [0.05, 0.1) is 0 Å². The molecule has 0 bridgehead atoms. The van der Waals surface area contributed by atoms with Crippen molar-refractivity contribution in [3.05, 3.63) is 42.0 Å². The van der Waals surface area contributed by atoms with Crippen molar-refractivity contribution in [2.24, 2.45) is 0 Å². The molecule has 12 heavy (non-hydrogen) atoms. The number of rotatable bonds is 3. The highest BCUT2D eigenvalue weighted by molar-refractivity contribution is 5.39. The fraction of sp³-hybridized carbons (Fsp3) is 0.273. The first-order valence-corrected chi connectivity index (χ1v) is 4.05. The van der Waals surface area contributed by atoms with Crippen LogP contribution in [0.1, 0.15) is 11.1 Å². The Kier molecular flexibility index (Phi) is 2.92. The Labute approximate surface area is 73.7 Å². The molecule has 0 aliphatic rings. The molecule has 0 saturated carbocycles. The summed E-state index contributed by atoms with van der Waals surface area (Å²) in [4.78, 5) is 0. The Hall–Kier alpha value is -1.24. The zero-order valence-electron chi connectivity index (χ0n) is 7.63. The molecule has 0 amide bonds. The Balaban J connectivity index is 2.88. The summed E-state index contributed by atoms with van der Waals surface area (Å²) in [5.41, 5.74) is 2.36. The van der Waals surface area contributed by atoms with Crippen LogP contribution in [0.5, 0.6) is 5.75 Å². The van der Waals surface area contributed by atoms with Crippen LogP contribution in [-0.2, 0) is 0 Å². The fourth-order valence-electron chi connectivity index (χ4n) is 1.17. The van der Waals surface area contributed by atoms with Crippen LogP contribution in [-0.4, -0.2) is 6.61 Å². The molecular weight excluding hydrogens is 148 g/mol. The number of hydrogen-bond acceptors (Lipinski definition) is 1. The second kappa shape index (κ2) is 3.96. The summed E-state index contributed by atoms with van der Waals surface area (Å²) in [5, 5.41) is 0. The van der Waals surface area contributed by atoms with E-state index in [1.54, 1.807) is 6.08 Å². The monoisotopic (exact) mass is 162 g/mol. The molecule has 1 nitrogen and oxygen atoms in total. The molecule has 0 aromatic heterocycles. The molecule has 0 spiro atoms. The van der Waals surface area contributed by atoms with Gasteiger partial charge in [0.1, 0.15) is 12.4 Å². The third-order valence-electron chi connectivity index (χ3n) is 1.75. The lowest BCUT2D eigenvalue weighted by Gasteiger charge is -2.09. The van der Waals surface area contributed by atoms with Gasteiger partial charge < -0.3 is 4.74 Å². The number of benzene rings is 1. The predicted octanol–water partition coefficient (Wildman–Crippen LogP) is 2.87. The molecule has 1 heteroatoms. The van der Waals surface area contributed by atoms with Gasteiger partial charge in [-0.1, -0.05) is 30.9 Å². The topological polar surface area (TPSA) is 9.23 Å². The van der Waals surface area contributed by atoms with Crippen LogP contribution in [0.2, 0.25) is 0 Å². The Morgan fingerprint density at radius 1 is 1.33 bits per heavy atom. The van der Waals surface area contributed by atoms with Crippen molar-refractivity contribution in [3.8, 4) is 5.75 Å². The molecule has 0 heterocycles. The van der Waals surface area contributed by atoms with E-state index in [0.29, 0.717) is 6.61 Å². The number of ether oxygens (including phenoxy) is 1. The molecule has 0 unspecified atom stereocenters. The van der Waals surface area contributed by atoms with Gasteiger partial charge in [-0.15, -0.1) is 0 Å². The van der Waals surface area contributed by atoms with Gasteiger partial charge in [-0.2, -0.15) is 0 Å². The summed E-state index contributed by atoms with van der Waals surface area (Å²) >= 11 is 0. The molecule has 0 fully saturated rings. The number of para-hydroxylation sites is 1. The molecule has 0 radical (unpaired) electrons. The van der Waals surface area contributed by atoms with Crippen LogP contribution < -0.4 is 4.74 Å². The van der Waals surface area contributed by atoms with Crippen LogP contribution in [0.3, 0.4) is 0 Å². The van der Waals surface area contributed by atoms with Crippen molar-refractivity contribution in [1.29, 1.82) is 0 Å². The maximum Gasteiger partial charge on any atom is 0.125 e. The van der Waals surface area contributed by atoms with E-state index in [0.717, 1.165) is 5.75 Å². The van der Waals surface area contributed by atoms with Crippen molar-refractivity contribution in [3.63, 3.8) is 0 Å². The fourth-order valence-corrected chi connectivity index (χ4v) is 1.17. The molecule has 0 atom stereocenters. The van der Waals surface area contributed by atoms with Crippen molar-refractivity contribution < 1.29 is 4.74 Å². The summed E-state index contributed by atoms with van der Waals surface area (Å²) in [6, 6.07) is 6.13. The normalized spacial score (nSPS) is 9.50. The first kappa shape index (κ1) is 8.85. The first-order chi connectivity index (χ1) is 5.75. The van der Waals surface area contributed by atoms with Gasteiger partial charge in [-0.25, -0.2) is 0 Å². The lowest BCUT2D eigenvalue weighted by atomic mass is 10.1. The highest BCUT2D eigenvalue weighted by atomic mass is 16.5. The van der Waals surface area contributed by atoms with Crippen molar-refractivity contribution in [2.75, 3.05) is 6.61 Å². The average Bonchev–Trinajstić information content (AvgIpc) is 2.04. The van der Waals surface area contributed by atoms with Crippen LogP contribution >= 0.6 is 0 Å². The highest BCUT2D eigenvalue weighted by Crippen LogP contribution is 2.21. The molecular formula is C11H14O. The van der Waals surface area contributed by atoms with Gasteiger partial charge in [-0.3, -0.25) is 0 Å². The molecule has 0 N–H and O–H groups in total. The zero-order chi connectivity index (χ0) is 8.97. The third-order valence-corrected chi connectivity index (χ3v) is 1.75. The molecule has 1 rings (SSSR count). The lowest BCUT2D eigenvalue weighted by molar-refractivity contribution is 0.358. The van der Waals surface area contributed by atoms with Gasteiger partial charge >= 0.3 is 0 Å². The summed E-state index contributed by atoms with van der Waals surface area (Å²) in [6.07, 6.45) is 1.76. The van der Waals surface area contributed by atoms with E-state index in [-0.39, 0.29) is 0 Å². The van der Waals surface area contributed by atoms with Gasteiger partial charge in [0.15, 0.2) is 0 Å². The summed E-state index contributed by atoms with van der Waals surface area (Å²) < 4.78 is 5.50. The maximum absolute atomic E-state index is 5.50. The number of hydrogen-bond donors (Lipinski definition) is 0. The van der Waals surface area contributed by atoms with E-state index in [2.05, 4.69) is 6.58 Å². The van der Waals surface area contributed by atoms with E-state index < -0.39 is 0 Å². The molecule has 0 aliphatic heterocycles. The molecule has 0 aliphatic carbocycles. The molecule has 1 aromatic rings. The van der Waals surface area contributed by atoms with E-state index in [1.165, 1.54) is 11.1 Å². The second-order valence-corrected chi connectivity index (χ2v) is 2.82. The quantitative estimate of drug-likeness (QED) is 0.621. The predicted molar refractivity (Wildman–Crippen MR) is 51.6 cm³/mol. The Bertz CT molecular complexity index is 256. The average molecular weight is 162 g/mol. The Morgan fingerprint density at radius 2 is 1.92 bits per heavy atom. The molecule has 64 valence electrons. The largest absolute Gasteiger partial charge is 0.489 e. The van der Waals surface area contributed by atoms with Crippen LogP contribution in [0.15, 0.2) is 30.9 Å². The Morgan fingerprint density at radius 3 is 2.42 bits per heavy atom. The van der Waals surface area contributed by atoms with Crippen LogP contribution in [0.4, 0.5) is 0 Å². The van der Waals surface area contributed by atoms with E-state index in [4.69, 9.17) is 4.74 Å². The van der Waals surface area contributed by atoms with Gasteiger partial charge in [0, 0.05) is 0 Å². The maximum atomic E-state index is 5.50. The SMILES string of the molecule is C=CCOc1c(C)cccc1C. The van der Waals surface area contributed by atoms with E-state index >= 15 is 0 Å². The van der Waals surface area contributed by atoms with Crippen molar-refractivity contribution >= 4 is 0 Å². The van der Waals surface area contributed by atoms with Gasteiger partial charge in [0.25, 0.3) is 0 Å². The van der Waals surface area contributed by atoms with Crippen molar-refractivity contribution in [2.45, 2.75) is 13.8 Å². The zero-order valence-corrected chi connectivity index (χ0v) is 7.63. The van der Waals surface area contributed by atoms with E-state index in [9.17, 15) is 0 Å².